The van der Waals surface area contributed by atoms with Gasteiger partial charge in [-0.25, -0.2) is 0 Å². The van der Waals surface area contributed by atoms with Crippen molar-refractivity contribution in [1.82, 2.24) is 5.32 Å². The minimum Gasteiger partial charge on any atom is -0.347 e. The zero-order chi connectivity index (χ0) is 6.91. The molecule has 0 radical (unpaired) electrons. The standard InChI is InChI=1S/C7H11NO/c1-3-7(4-5-7)8-6(2)9/h3H,1,4-5H2,2H3,(H,8,9). The Morgan fingerprint density at radius 1 is 1.78 bits per heavy atom. The Hall–Kier alpha value is -0.790. The van der Waals surface area contributed by atoms with Gasteiger partial charge in [-0.3, -0.25) is 4.79 Å². The van der Waals surface area contributed by atoms with Gasteiger partial charge in [-0.1, -0.05) is 6.08 Å². The van der Waals surface area contributed by atoms with Crippen molar-refractivity contribution in [2.75, 3.05) is 0 Å². The van der Waals surface area contributed by atoms with Crippen molar-refractivity contribution in [2.24, 2.45) is 0 Å². The molecule has 0 aromatic rings. The fourth-order valence-electron chi connectivity index (χ4n) is 0.865. The highest BCUT2D eigenvalue weighted by molar-refractivity contribution is 5.74. The van der Waals surface area contributed by atoms with Gasteiger partial charge in [-0.15, -0.1) is 6.58 Å². The summed E-state index contributed by atoms with van der Waals surface area (Å²) in [6.45, 7) is 5.16. The maximum absolute atomic E-state index is 10.5. The molecule has 1 amide bonds. The smallest absolute Gasteiger partial charge is 0.217 e. The summed E-state index contributed by atoms with van der Waals surface area (Å²) in [7, 11) is 0. The van der Waals surface area contributed by atoms with Crippen molar-refractivity contribution in [1.29, 1.82) is 0 Å². The molecule has 0 unspecified atom stereocenters. The minimum absolute atomic E-state index is 0.0220. The molecule has 0 bridgehead atoms. The van der Waals surface area contributed by atoms with Crippen molar-refractivity contribution in [2.45, 2.75) is 25.3 Å². The summed E-state index contributed by atoms with van der Waals surface area (Å²) >= 11 is 0. The molecule has 50 valence electrons. The van der Waals surface area contributed by atoms with Crippen molar-refractivity contribution in [3.8, 4) is 0 Å². The highest BCUT2D eigenvalue weighted by Gasteiger charge is 2.39. The first-order valence-electron chi connectivity index (χ1n) is 3.11. The Labute approximate surface area is 54.9 Å². The predicted molar refractivity (Wildman–Crippen MR) is 36.0 cm³/mol. The number of rotatable bonds is 2. The number of hydrogen-bond donors (Lipinski definition) is 1. The van der Waals surface area contributed by atoms with Gasteiger partial charge in [-0.2, -0.15) is 0 Å². The van der Waals surface area contributed by atoms with Crippen molar-refractivity contribution >= 4 is 5.91 Å². The molecular formula is C7H11NO. The monoisotopic (exact) mass is 125 g/mol. The Bertz CT molecular complexity index is 147. The maximum Gasteiger partial charge on any atom is 0.217 e. The molecule has 0 atom stereocenters. The summed E-state index contributed by atoms with van der Waals surface area (Å²) in [4.78, 5) is 10.5. The molecule has 0 spiro atoms. The van der Waals surface area contributed by atoms with E-state index >= 15 is 0 Å². The lowest BCUT2D eigenvalue weighted by Gasteiger charge is -2.08. The van der Waals surface area contributed by atoms with E-state index in [0.717, 1.165) is 12.8 Å². The minimum atomic E-state index is -0.0220. The summed E-state index contributed by atoms with van der Waals surface area (Å²) in [5.74, 6) is 0.0346. The molecule has 0 aromatic heterocycles. The van der Waals surface area contributed by atoms with Crippen molar-refractivity contribution in [3.63, 3.8) is 0 Å². The van der Waals surface area contributed by atoms with Gasteiger partial charge >= 0.3 is 0 Å². The topological polar surface area (TPSA) is 29.1 Å². The first-order valence-corrected chi connectivity index (χ1v) is 3.11. The number of amides is 1. The molecule has 1 saturated carbocycles. The number of hydrogen-bond acceptors (Lipinski definition) is 1. The number of carbonyl (C=O) groups excluding carboxylic acids is 1. The van der Waals surface area contributed by atoms with E-state index in [-0.39, 0.29) is 11.4 Å². The first-order chi connectivity index (χ1) is 4.18. The second-order valence-corrected chi connectivity index (χ2v) is 2.54. The Balaban J connectivity index is 2.42. The van der Waals surface area contributed by atoms with Gasteiger partial charge in [0.15, 0.2) is 0 Å². The van der Waals surface area contributed by atoms with Crippen molar-refractivity contribution < 1.29 is 4.79 Å². The van der Waals surface area contributed by atoms with Gasteiger partial charge in [0.2, 0.25) is 5.91 Å². The van der Waals surface area contributed by atoms with E-state index in [2.05, 4.69) is 11.9 Å². The van der Waals surface area contributed by atoms with E-state index in [1.54, 1.807) is 0 Å². The summed E-state index contributed by atoms with van der Waals surface area (Å²) in [6, 6.07) is 0. The van der Waals surface area contributed by atoms with E-state index in [1.165, 1.54) is 6.92 Å². The molecule has 1 aliphatic carbocycles. The van der Waals surface area contributed by atoms with Gasteiger partial charge in [0, 0.05) is 6.92 Å². The summed E-state index contributed by atoms with van der Waals surface area (Å²) < 4.78 is 0. The van der Waals surface area contributed by atoms with E-state index in [0.29, 0.717) is 0 Å². The van der Waals surface area contributed by atoms with Crippen LogP contribution in [0.25, 0.3) is 0 Å². The van der Waals surface area contributed by atoms with Crippen LogP contribution in [0, 0.1) is 0 Å². The van der Waals surface area contributed by atoms with E-state index < -0.39 is 0 Å². The van der Waals surface area contributed by atoms with Crippen LogP contribution in [0.2, 0.25) is 0 Å². The van der Waals surface area contributed by atoms with Crippen LogP contribution in [-0.4, -0.2) is 11.4 Å². The SMILES string of the molecule is C=CC1(NC(C)=O)CC1. The van der Waals surface area contributed by atoms with Crippen molar-refractivity contribution in [3.05, 3.63) is 12.7 Å². The van der Waals surface area contributed by atoms with E-state index in [4.69, 9.17) is 0 Å². The third kappa shape index (κ3) is 1.31. The molecule has 0 aliphatic heterocycles. The fraction of sp³-hybridized carbons (Fsp3) is 0.571. The molecule has 1 rings (SSSR count). The third-order valence-corrected chi connectivity index (χ3v) is 1.60. The number of nitrogens with one attached hydrogen (secondary N) is 1. The average molecular weight is 125 g/mol. The second kappa shape index (κ2) is 1.87. The lowest BCUT2D eigenvalue weighted by atomic mass is 10.3. The normalized spacial score (nSPS) is 20.6. The number of carbonyl (C=O) groups is 1. The van der Waals surface area contributed by atoms with Crippen LogP contribution in [0.4, 0.5) is 0 Å². The Morgan fingerprint density at radius 2 is 2.33 bits per heavy atom. The molecule has 0 heterocycles. The van der Waals surface area contributed by atoms with Crippen LogP contribution in [0.15, 0.2) is 12.7 Å². The van der Waals surface area contributed by atoms with Gasteiger partial charge in [0.05, 0.1) is 5.54 Å². The van der Waals surface area contributed by atoms with Gasteiger partial charge in [-0.05, 0) is 12.8 Å². The Morgan fingerprint density at radius 3 is 2.44 bits per heavy atom. The molecular weight excluding hydrogens is 114 g/mol. The van der Waals surface area contributed by atoms with Crippen LogP contribution >= 0.6 is 0 Å². The zero-order valence-electron chi connectivity index (χ0n) is 5.61. The van der Waals surface area contributed by atoms with E-state index in [1.807, 2.05) is 6.08 Å². The average Bonchev–Trinajstić information content (AvgIpc) is 2.48. The molecule has 9 heavy (non-hydrogen) atoms. The fourth-order valence-corrected chi connectivity index (χ4v) is 0.865. The molecule has 1 fully saturated rings. The van der Waals surface area contributed by atoms with Crippen LogP contribution in [0.5, 0.6) is 0 Å². The molecule has 0 aromatic carbocycles. The Kier molecular flexibility index (Phi) is 1.31. The van der Waals surface area contributed by atoms with Gasteiger partial charge in [0.1, 0.15) is 0 Å². The van der Waals surface area contributed by atoms with Crippen LogP contribution < -0.4 is 5.32 Å². The molecule has 2 nitrogen and oxygen atoms in total. The van der Waals surface area contributed by atoms with Gasteiger partial charge < -0.3 is 5.32 Å². The van der Waals surface area contributed by atoms with Crippen LogP contribution in [0.3, 0.4) is 0 Å². The molecule has 2 heteroatoms. The maximum atomic E-state index is 10.5. The molecule has 1 N–H and O–H groups in total. The third-order valence-electron chi connectivity index (χ3n) is 1.60. The van der Waals surface area contributed by atoms with E-state index in [9.17, 15) is 4.79 Å². The van der Waals surface area contributed by atoms with Crippen LogP contribution in [0.1, 0.15) is 19.8 Å². The summed E-state index contributed by atoms with van der Waals surface area (Å²) in [6.07, 6.45) is 3.92. The predicted octanol–water partition coefficient (Wildman–Crippen LogP) is 0.841. The van der Waals surface area contributed by atoms with Gasteiger partial charge in [0.25, 0.3) is 0 Å². The quantitative estimate of drug-likeness (QED) is 0.544. The molecule has 0 saturated heterocycles. The largest absolute Gasteiger partial charge is 0.347 e. The summed E-state index contributed by atoms with van der Waals surface area (Å²) in [5.41, 5.74) is -0.0220. The zero-order valence-corrected chi connectivity index (χ0v) is 5.61. The lowest BCUT2D eigenvalue weighted by Crippen LogP contribution is -2.32. The molecule has 1 aliphatic rings. The highest BCUT2D eigenvalue weighted by Crippen LogP contribution is 2.35. The highest BCUT2D eigenvalue weighted by atomic mass is 16.1. The van der Waals surface area contributed by atoms with Crippen LogP contribution in [-0.2, 0) is 4.79 Å². The lowest BCUT2D eigenvalue weighted by molar-refractivity contribution is -0.119. The second-order valence-electron chi connectivity index (χ2n) is 2.54. The summed E-state index contributed by atoms with van der Waals surface area (Å²) in [5, 5.41) is 2.82. The first kappa shape index (κ1) is 6.33.